The number of benzene rings is 5. The van der Waals surface area contributed by atoms with Gasteiger partial charge in [0.15, 0.2) is 0 Å². The van der Waals surface area contributed by atoms with E-state index < -0.39 is 17.1 Å². The van der Waals surface area contributed by atoms with Crippen LogP contribution in [-0.4, -0.2) is 17.7 Å². The summed E-state index contributed by atoms with van der Waals surface area (Å²) in [6, 6.07) is 40.3. The Morgan fingerprint density at radius 1 is 0.689 bits per heavy atom. The molecule has 9 heteroatoms. The lowest BCUT2D eigenvalue weighted by molar-refractivity contribution is -0.116. The van der Waals surface area contributed by atoms with Crippen LogP contribution in [0.1, 0.15) is 26.7 Å². The highest BCUT2D eigenvalue weighted by Gasteiger charge is 2.23. The number of carbonyl (C=O) groups is 3. The third kappa shape index (κ3) is 9.04. The van der Waals surface area contributed by atoms with Crippen molar-refractivity contribution >= 4 is 78.8 Å². The Hall–Kier alpha value is -4.44. The minimum Gasteiger partial charge on any atom is -0.324 e. The van der Waals surface area contributed by atoms with E-state index in [1.807, 2.05) is 97.1 Å². The number of hydrogen-bond acceptors (Lipinski definition) is 4. The molecular formula is C36H27Br2N3O3S. The summed E-state index contributed by atoms with van der Waals surface area (Å²) < 4.78 is 1.68. The van der Waals surface area contributed by atoms with E-state index in [0.717, 1.165) is 25.0 Å². The maximum Gasteiger partial charge on any atom is 0.272 e. The van der Waals surface area contributed by atoms with Crippen LogP contribution < -0.4 is 16.0 Å². The summed E-state index contributed by atoms with van der Waals surface area (Å²) in [7, 11) is 0. The quantitative estimate of drug-likeness (QED) is 0.0985. The van der Waals surface area contributed by atoms with E-state index in [1.54, 1.807) is 42.5 Å². The average molecular weight is 742 g/mol. The van der Waals surface area contributed by atoms with E-state index in [-0.39, 0.29) is 11.6 Å². The molecule has 0 spiro atoms. The Morgan fingerprint density at radius 2 is 1.36 bits per heavy atom. The lowest BCUT2D eigenvalue weighted by Crippen LogP contribution is -2.30. The second kappa shape index (κ2) is 15.5. The molecule has 1 unspecified atom stereocenters. The Balaban J connectivity index is 1.37. The highest BCUT2D eigenvalue weighted by atomic mass is 79.9. The fourth-order valence-electron chi connectivity index (χ4n) is 4.31. The molecule has 0 aliphatic rings. The van der Waals surface area contributed by atoms with Crippen molar-refractivity contribution in [2.75, 3.05) is 10.6 Å². The van der Waals surface area contributed by atoms with Crippen molar-refractivity contribution in [3.05, 3.63) is 165 Å². The molecule has 5 aromatic rings. The second-order valence-corrected chi connectivity index (χ2v) is 12.7. The monoisotopic (exact) mass is 739 g/mol. The van der Waals surface area contributed by atoms with Gasteiger partial charge in [-0.25, -0.2) is 0 Å². The van der Waals surface area contributed by atoms with Gasteiger partial charge in [0.2, 0.25) is 5.91 Å². The van der Waals surface area contributed by atoms with E-state index in [2.05, 4.69) is 47.8 Å². The largest absolute Gasteiger partial charge is 0.324 e. The predicted octanol–water partition coefficient (Wildman–Crippen LogP) is 9.09. The van der Waals surface area contributed by atoms with Crippen LogP contribution in [0.5, 0.6) is 0 Å². The number of carbonyl (C=O) groups excluding carboxylic acids is 3. The number of thioether (sulfide) groups is 1. The van der Waals surface area contributed by atoms with E-state index in [4.69, 9.17) is 0 Å². The van der Waals surface area contributed by atoms with Crippen molar-refractivity contribution in [3.8, 4) is 0 Å². The molecule has 0 saturated carbocycles. The summed E-state index contributed by atoms with van der Waals surface area (Å²) in [5.41, 5.74) is 3.27. The smallest absolute Gasteiger partial charge is 0.272 e. The zero-order chi connectivity index (χ0) is 31.6. The molecule has 3 amide bonds. The van der Waals surface area contributed by atoms with Gasteiger partial charge in [-0.1, -0.05) is 94.8 Å². The van der Waals surface area contributed by atoms with E-state index >= 15 is 0 Å². The van der Waals surface area contributed by atoms with Crippen LogP contribution in [0.2, 0.25) is 0 Å². The first-order valence-corrected chi connectivity index (χ1v) is 16.3. The van der Waals surface area contributed by atoms with Crippen LogP contribution in [0, 0.1) is 0 Å². The van der Waals surface area contributed by atoms with Gasteiger partial charge in [0, 0.05) is 25.1 Å². The first-order chi connectivity index (χ1) is 21.9. The maximum absolute atomic E-state index is 13.6. The van der Waals surface area contributed by atoms with Gasteiger partial charge in [0.25, 0.3) is 11.8 Å². The molecule has 0 aromatic heterocycles. The first-order valence-electron chi connectivity index (χ1n) is 13.9. The Labute approximate surface area is 282 Å². The van der Waals surface area contributed by atoms with Crippen LogP contribution in [0.25, 0.3) is 6.08 Å². The predicted molar refractivity (Wildman–Crippen MR) is 189 cm³/mol. The van der Waals surface area contributed by atoms with Crippen LogP contribution in [0.15, 0.2) is 153 Å². The van der Waals surface area contributed by atoms with Crippen molar-refractivity contribution in [2.24, 2.45) is 0 Å². The highest BCUT2D eigenvalue weighted by Crippen LogP contribution is 2.37. The standard InChI is InChI=1S/C36H27Br2N3O3S/c37-27-20-18-24(19-21-27)22-32(41-34(42)26-12-5-2-6-13-26)35(43)39-28-14-9-15-29(23-28)45-33(25-10-3-1-4-11-25)36(44)40-31-17-8-7-16-30(31)38/h1-23,33H,(H,39,43)(H,40,44)(H,41,42)/b32-22-. The van der Waals surface area contributed by atoms with E-state index in [1.165, 1.54) is 11.8 Å². The van der Waals surface area contributed by atoms with Crippen molar-refractivity contribution in [3.63, 3.8) is 0 Å². The molecule has 5 aromatic carbocycles. The number of para-hydroxylation sites is 1. The van der Waals surface area contributed by atoms with Gasteiger partial charge in [0.05, 0.1) is 5.69 Å². The van der Waals surface area contributed by atoms with Gasteiger partial charge < -0.3 is 16.0 Å². The normalized spacial score (nSPS) is 11.7. The highest BCUT2D eigenvalue weighted by molar-refractivity contribution is 9.10. The molecule has 0 heterocycles. The van der Waals surface area contributed by atoms with Crippen molar-refractivity contribution in [2.45, 2.75) is 10.1 Å². The number of nitrogens with one attached hydrogen (secondary N) is 3. The van der Waals surface area contributed by atoms with Gasteiger partial charge in [-0.05, 0) is 87.7 Å². The molecule has 0 bridgehead atoms. The Kier molecular flexibility index (Phi) is 11.0. The topological polar surface area (TPSA) is 87.3 Å². The molecule has 0 saturated heterocycles. The first kappa shape index (κ1) is 32.0. The molecule has 0 radical (unpaired) electrons. The summed E-state index contributed by atoms with van der Waals surface area (Å²) >= 11 is 8.29. The SMILES string of the molecule is O=C(Nc1cccc(SC(C(=O)Nc2ccccc2Br)c2ccccc2)c1)/C(=C/c1ccc(Br)cc1)NC(=O)c1ccccc1. The van der Waals surface area contributed by atoms with Crippen molar-refractivity contribution in [1.82, 2.24) is 5.32 Å². The van der Waals surface area contributed by atoms with E-state index in [0.29, 0.717) is 16.9 Å². The summed E-state index contributed by atoms with van der Waals surface area (Å²) in [4.78, 5) is 40.9. The summed E-state index contributed by atoms with van der Waals surface area (Å²) in [6.07, 6.45) is 1.62. The van der Waals surface area contributed by atoms with Crippen molar-refractivity contribution < 1.29 is 14.4 Å². The van der Waals surface area contributed by atoms with Crippen LogP contribution in [-0.2, 0) is 9.59 Å². The molecule has 0 aliphatic carbocycles. The fourth-order valence-corrected chi connectivity index (χ4v) is 6.04. The van der Waals surface area contributed by atoms with Crippen LogP contribution in [0.4, 0.5) is 11.4 Å². The third-order valence-electron chi connectivity index (χ3n) is 6.53. The summed E-state index contributed by atoms with van der Waals surface area (Å²) in [5, 5.41) is 8.13. The lowest BCUT2D eigenvalue weighted by atomic mass is 10.1. The fraction of sp³-hybridized carbons (Fsp3) is 0.0278. The average Bonchev–Trinajstić information content (AvgIpc) is 3.06. The zero-order valence-corrected chi connectivity index (χ0v) is 27.7. The van der Waals surface area contributed by atoms with Gasteiger partial charge in [-0.15, -0.1) is 11.8 Å². The second-order valence-electron chi connectivity index (χ2n) is 9.79. The molecule has 3 N–H and O–H groups in total. The summed E-state index contributed by atoms with van der Waals surface area (Å²) in [5.74, 6) is -1.08. The number of anilines is 2. The zero-order valence-electron chi connectivity index (χ0n) is 23.7. The molecule has 6 nitrogen and oxygen atoms in total. The van der Waals surface area contributed by atoms with E-state index in [9.17, 15) is 14.4 Å². The molecule has 224 valence electrons. The number of halogens is 2. The summed E-state index contributed by atoms with van der Waals surface area (Å²) in [6.45, 7) is 0. The molecule has 0 aliphatic heterocycles. The van der Waals surface area contributed by atoms with Gasteiger partial charge >= 0.3 is 0 Å². The maximum atomic E-state index is 13.6. The van der Waals surface area contributed by atoms with Crippen LogP contribution >= 0.6 is 43.6 Å². The molecule has 1 atom stereocenters. The molecular weight excluding hydrogens is 714 g/mol. The lowest BCUT2D eigenvalue weighted by Gasteiger charge is -2.18. The number of hydrogen-bond donors (Lipinski definition) is 3. The molecule has 45 heavy (non-hydrogen) atoms. The Morgan fingerprint density at radius 3 is 2.07 bits per heavy atom. The number of amides is 3. The van der Waals surface area contributed by atoms with Gasteiger partial charge in [-0.3, -0.25) is 14.4 Å². The third-order valence-corrected chi connectivity index (χ3v) is 9.00. The number of rotatable bonds is 10. The van der Waals surface area contributed by atoms with Crippen molar-refractivity contribution in [1.29, 1.82) is 0 Å². The van der Waals surface area contributed by atoms with Crippen LogP contribution in [0.3, 0.4) is 0 Å². The molecule has 0 fully saturated rings. The van der Waals surface area contributed by atoms with Gasteiger partial charge in [-0.2, -0.15) is 0 Å². The minimum absolute atomic E-state index is 0.0826. The Bertz CT molecular complexity index is 1830. The molecule has 5 rings (SSSR count). The van der Waals surface area contributed by atoms with Gasteiger partial charge in [0.1, 0.15) is 10.9 Å². The minimum atomic E-state index is -0.567.